The van der Waals surface area contributed by atoms with Crippen LogP contribution in [0.4, 0.5) is 0 Å². The molecule has 1 saturated heterocycles. The van der Waals surface area contributed by atoms with Gasteiger partial charge in [0.05, 0.1) is 17.5 Å². The van der Waals surface area contributed by atoms with E-state index in [0.717, 1.165) is 12.8 Å². The second-order valence-corrected chi connectivity index (χ2v) is 5.66. The van der Waals surface area contributed by atoms with Crippen LogP contribution in [0.1, 0.15) is 29.8 Å². The second-order valence-electron chi connectivity index (χ2n) is 4.87. The number of amides is 1. The Labute approximate surface area is 132 Å². The van der Waals surface area contributed by atoms with Crippen molar-refractivity contribution in [3.8, 4) is 0 Å². The molecule has 1 aromatic rings. The van der Waals surface area contributed by atoms with Gasteiger partial charge < -0.3 is 19.7 Å². The first-order valence-corrected chi connectivity index (χ1v) is 7.39. The van der Waals surface area contributed by atoms with Gasteiger partial charge in [0.25, 0.3) is 5.91 Å². The van der Waals surface area contributed by atoms with Gasteiger partial charge in [-0.3, -0.25) is 9.59 Å². The fraction of sp³-hybridized carbons (Fsp3) is 0.538. The van der Waals surface area contributed by atoms with E-state index in [1.54, 1.807) is 0 Å². The number of nitrogens with zero attached hydrogens (tertiary/aromatic N) is 1. The summed E-state index contributed by atoms with van der Waals surface area (Å²) in [7, 11) is 0. The van der Waals surface area contributed by atoms with Crippen molar-refractivity contribution in [1.82, 2.24) is 9.88 Å². The first-order chi connectivity index (χ1) is 9.97. The maximum atomic E-state index is 12.4. The van der Waals surface area contributed by atoms with E-state index in [9.17, 15) is 9.59 Å². The Bertz CT molecular complexity index is 507. The zero-order valence-corrected chi connectivity index (χ0v) is 12.8. The Morgan fingerprint density at radius 3 is 2.76 bits per heavy atom. The van der Waals surface area contributed by atoms with Gasteiger partial charge in [0.15, 0.2) is 0 Å². The number of carboxylic acids is 1. The van der Waals surface area contributed by atoms with Gasteiger partial charge >= 0.3 is 5.97 Å². The standard InChI is InChI=1S/C13H16Cl2N2O4/c14-9-6-10(16-12(9)15)13(20)17(4-3-11(18)19)7-8-2-1-5-21-8/h6,8,16H,1-5,7H2,(H,18,19)/t8-/m0/s1. The van der Waals surface area contributed by atoms with Crippen molar-refractivity contribution in [2.45, 2.75) is 25.4 Å². The molecular formula is C13H16Cl2N2O4. The molecule has 0 spiro atoms. The number of halogens is 2. The molecule has 1 aliphatic heterocycles. The van der Waals surface area contributed by atoms with E-state index >= 15 is 0 Å². The molecular weight excluding hydrogens is 319 g/mol. The van der Waals surface area contributed by atoms with Crippen LogP contribution in [0.25, 0.3) is 0 Å². The molecule has 0 bridgehead atoms. The monoisotopic (exact) mass is 334 g/mol. The normalized spacial score (nSPS) is 17.9. The lowest BCUT2D eigenvalue weighted by Crippen LogP contribution is -2.39. The SMILES string of the molecule is O=C(O)CCN(C[C@@H]1CCCO1)C(=O)c1cc(Cl)c(Cl)[nH]1. The average molecular weight is 335 g/mol. The van der Waals surface area contributed by atoms with Gasteiger partial charge in [0.2, 0.25) is 0 Å². The van der Waals surface area contributed by atoms with Crippen molar-refractivity contribution >= 4 is 35.1 Å². The summed E-state index contributed by atoms with van der Waals surface area (Å²) in [5.41, 5.74) is 0.244. The smallest absolute Gasteiger partial charge is 0.305 e. The van der Waals surface area contributed by atoms with E-state index in [4.69, 9.17) is 33.0 Å². The fourth-order valence-corrected chi connectivity index (χ4v) is 2.54. The van der Waals surface area contributed by atoms with Crippen molar-refractivity contribution < 1.29 is 19.4 Å². The van der Waals surface area contributed by atoms with Gasteiger partial charge in [-0.05, 0) is 18.9 Å². The molecule has 1 fully saturated rings. The molecule has 1 aromatic heterocycles. The first-order valence-electron chi connectivity index (χ1n) is 6.64. The molecule has 1 atom stereocenters. The predicted octanol–water partition coefficient (Wildman–Crippen LogP) is 2.42. The largest absolute Gasteiger partial charge is 0.481 e. The summed E-state index contributed by atoms with van der Waals surface area (Å²) in [5, 5.41) is 9.25. The minimum Gasteiger partial charge on any atom is -0.481 e. The van der Waals surface area contributed by atoms with Gasteiger partial charge in [0.1, 0.15) is 10.8 Å². The van der Waals surface area contributed by atoms with Crippen molar-refractivity contribution in [1.29, 1.82) is 0 Å². The first kappa shape index (κ1) is 16.1. The number of aromatic amines is 1. The van der Waals surface area contributed by atoms with Crippen LogP contribution in [0, 0.1) is 0 Å². The number of rotatable bonds is 6. The van der Waals surface area contributed by atoms with Gasteiger partial charge in [-0.2, -0.15) is 0 Å². The van der Waals surface area contributed by atoms with E-state index in [2.05, 4.69) is 4.98 Å². The summed E-state index contributed by atoms with van der Waals surface area (Å²) in [4.78, 5) is 27.3. The van der Waals surface area contributed by atoms with Crippen LogP contribution < -0.4 is 0 Å². The summed E-state index contributed by atoms with van der Waals surface area (Å²) in [5.74, 6) is -1.29. The summed E-state index contributed by atoms with van der Waals surface area (Å²) < 4.78 is 5.50. The van der Waals surface area contributed by atoms with Gasteiger partial charge in [-0.25, -0.2) is 0 Å². The van der Waals surface area contributed by atoms with E-state index in [-0.39, 0.29) is 40.8 Å². The van der Waals surface area contributed by atoms with E-state index < -0.39 is 5.97 Å². The number of hydrogen-bond acceptors (Lipinski definition) is 3. The molecule has 2 rings (SSSR count). The zero-order valence-electron chi connectivity index (χ0n) is 11.3. The summed E-state index contributed by atoms with van der Waals surface area (Å²) in [6.07, 6.45) is 1.64. The Kier molecular flexibility index (Phi) is 5.50. The molecule has 0 aliphatic carbocycles. The van der Waals surface area contributed by atoms with Crippen molar-refractivity contribution in [3.05, 3.63) is 21.9 Å². The third-order valence-electron chi connectivity index (χ3n) is 3.29. The molecule has 0 radical (unpaired) electrons. The molecule has 0 aromatic carbocycles. The average Bonchev–Trinajstić information content (AvgIpc) is 3.04. The van der Waals surface area contributed by atoms with Crippen LogP contribution in [-0.4, -0.2) is 52.7 Å². The molecule has 8 heteroatoms. The van der Waals surface area contributed by atoms with Crippen LogP contribution in [0.15, 0.2) is 6.07 Å². The molecule has 21 heavy (non-hydrogen) atoms. The van der Waals surface area contributed by atoms with Crippen LogP contribution in [0.5, 0.6) is 0 Å². The van der Waals surface area contributed by atoms with E-state index in [0.29, 0.717) is 13.2 Å². The topological polar surface area (TPSA) is 82.6 Å². The third-order valence-corrected chi connectivity index (χ3v) is 3.98. The van der Waals surface area contributed by atoms with Gasteiger partial charge in [-0.15, -0.1) is 0 Å². The Morgan fingerprint density at radius 1 is 1.48 bits per heavy atom. The van der Waals surface area contributed by atoms with E-state index in [1.807, 2.05) is 0 Å². The maximum absolute atomic E-state index is 12.4. The summed E-state index contributed by atoms with van der Waals surface area (Å²) >= 11 is 11.6. The fourth-order valence-electron chi connectivity index (χ4n) is 2.23. The lowest BCUT2D eigenvalue weighted by atomic mass is 10.2. The Morgan fingerprint density at radius 2 is 2.24 bits per heavy atom. The number of aromatic nitrogens is 1. The minimum atomic E-state index is -0.956. The van der Waals surface area contributed by atoms with Gasteiger partial charge in [0, 0.05) is 19.7 Å². The highest BCUT2D eigenvalue weighted by molar-refractivity contribution is 6.41. The molecule has 2 N–H and O–H groups in total. The second kappa shape index (κ2) is 7.15. The quantitative estimate of drug-likeness (QED) is 0.836. The number of aliphatic carboxylic acids is 1. The summed E-state index contributed by atoms with van der Waals surface area (Å²) in [6, 6.07) is 1.44. The van der Waals surface area contributed by atoms with Crippen molar-refractivity contribution in [2.24, 2.45) is 0 Å². The number of carboxylic acid groups (broad SMARTS) is 1. The highest BCUT2D eigenvalue weighted by atomic mass is 35.5. The highest BCUT2D eigenvalue weighted by Crippen LogP contribution is 2.23. The van der Waals surface area contributed by atoms with Crippen LogP contribution in [-0.2, 0) is 9.53 Å². The lowest BCUT2D eigenvalue weighted by molar-refractivity contribution is -0.137. The number of H-pyrrole nitrogens is 1. The Hall–Kier alpha value is -1.24. The molecule has 116 valence electrons. The van der Waals surface area contributed by atoms with Gasteiger partial charge in [-0.1, -0.05) is 23.2 Å². The number of ether oxygens (including phenoxy) is 1. The number of nitrogens with one attached hydrogen (secondary N) is 1. The molecule has 0 saturated carbocycles. The Balaban J connectivity index is 2.08. The zero-order chi connectivity index (χ0) is 15.4. The van der Waals surface area contributed by atoms with Crippen molar-refractivity contribution in [3.63, 3.8) is 0 Å². The molecule has 1 aliphatic rings. The number of carbonyl (C=O) groups is 2. The van der Waals surface area contributed by atoms with Crippen molar-refractivity contribution in [2.75, 3.05) is 19.7 Å². The van der Waals surface area contributed by atoms with Crippen LogP contribution in [0.2, 0.25) is 10.2 Å². The molecule has 6 nitrogen and oxygen atoms in total. The van der Waals surface area contributed by atoms with Crippen LogP contribution in [0.3, 0.4) is 0 Å². The maximum Gasteiger partial charge on any atom is 0.305 e. The summed E-state index contributed by atoms with van der Waals surface area (Å²) in [6.45, 7) is 1.15. The molecule has 1 amide bonds. The lowest BCUT2D eigenvalue weighted by Gasteiger charge is -2.24. The molecule has 2 heterocycles. The molecule has 0 unspecified atom stereocenters. The van der Waals surface area contributed by atoms with E-state index in [1.165, 1.54) is 11.0 Å². The minimum absolute atomic E-state index is 0.0522. The number of hydrogen-bond donors (Lipinski definition) is 2. The van der Waals surface area contributed by atoms with Crippen LogP contribution >= 0.6 is 23.2 Å². The third kappa shape index (κ3) is 4.36. The number of carbonyl (C=O) groups excluding carboxylic acids is 1. The highest BCUT2D eigenvalue weighted by Gasteiger charge is 2.25. The predicted molar refractivity (Wildman–Crippen MR) is 77.9 cm³/mol.